The quantitative estimate of drug-likeness (QED) is 0.864. The van der Waals surface area contributed by atoms with Crippen LogP contribution in [0.25, 0.3) is 0 Å². The molecule has 1 nitrogen and oxygen atoms in total. The lowest BCUT2D eigenvalue weighted by Crippen LogP contribution is -2.39. The highest BCUT2D eigenvalue weighted by atomic mass is 32.1. The predicted molar refractivity (Wildman–Crippen MR) is 73.5 cm³/mol. The minimum atomic E-state index is -0.146. The van der Waals surface area contributed by atoms with Crippen LogP contribution < -0.4 is 5.32 Å². The van der Waals surface area contributed by atoms with Crippen LogP contribution in [0.4, 0.5) is 4.39 Å². The van der Waals surface area contributed by atoms with Gasteiger partial charge in [-0.05, 0) is 47.5 Å². The van der Waals surface area contributed by atoms with Gasteiger partial charge >= 0.3 is 0 Å². The molecule has 0 fully saturated rings. The van der Waals surface area contributed by atoms with Crippen LogP contribution in [0, 0.1) is 5.82 Å². The van der Waals surface area contributed by atoms with Crippen molar-refractivity contribution in [3.8, 4) is 0 Å². The van der Waals surface area contributed by atoms with Crippen molar-refractivity contribution < 1.29 is 4.39 Å². The van der Waals surface area contributed by atoms with E-state index in [2.05, 4.69) is 29.8 Å². The molecule has 2 aromatic rings. The lowest BCUT2D eigenvalue weighted by molar-refractivity contribution is 0.428. The van der Waals surface area contributed by atoms with Crippen molar-refractivity contribution >= 4 is 11.3 Å². The number of fused-ring (bicyclic) bond motifs is 1. The SMILES string of the molecule is CCC1Cc2ccc(F)cc2C(c2cccs2)N1. The van der Waals surface area contributed by atoms with Gasteiger partial charge in [0.2, 0.25) is 0 Å². The van der Waals surface area contributed by atoms with Gasteiger partial charge in [0.25, 0.3) is 0 Å². The van der Waals surface area contributed by atoms with E-state index in [1.165, 1.54) is 10.4 Å². The largest absolute Gasteiger partial charge is 0.302 e. The molecule has 2 unspecified atom stereocenters. The third-order valence-corrected chi connectivity index (χ3v) is 4.55. The van der Waals surface area contributed by atoms with Crippen molar-refractivity contribution in [3.05, 3.63) is 57.5 Å². The van der Waals surface area contributed by atoms with Crippen LogP contribution in [0.3, 0.4) is 0 Å². The van der Waals surface area contributed by atoms with E-state index in [1.54, 1.807) is 23.5 Å². The first-order chi connectivity index (χ1) is 8.78. The van der Waals surface area contributed by atoms with Gasteiger partial charge in [-0.15, -0.1) is 11.3 Å². The van der Waals surface area contributed by atoms with Crippen LogP contribution in [-0.2, 0) is 6.42 Å². The fourth-order valence-corrected chi connectivity index (χ4v) is 3.43. The molecule has 1 aliphatic rings. The Labute approximate surface area is 111 Å². The van der Waals surface area contributed by atoms with Gasteiger partial charge in [0.1, 0.15) is 5.82 Å². The molecule has 0 amide bonds. The first kappa shape index (κ1) is 11.9. The average molecular weight is 261 g/mol. The molecule has 2 heterocycles. The summed E-state index contributed by atoms with van der Waals surface area (Å²) in [7, 11) is 0. The molecule has 3 rings (SSSR count). The van der Waals surface area contributed by atoms with Crippen molar-refractivity contribution in [1.29, 1.82) is 0 Å². The molecule has 18 heavy (non-hydrogen) atoms. The second-order valence-corrected chi connectivity index (χ2v) is 5.75. The number of rotatable bonds is 2. The van der Waals surface area contributed by atoms with E-state index in [1.807, 2.05) is 6.07 Å². The highest BCUT2D eigenvalue weighted by Gasteiger charge is 2.27. The first-order valence-corrected chi connectivity index (χ1v) is 7.23. The summed E-state index contributed by atoms with van der Waals surface area (Å²) in [4.78, 5) is 1.26. The maximum Gasteiger partial charge on any atom is 0.123 e. The molecule has 0 saturated heterocycles. The second-order valence-electron chi connectivity index (χ2n) is 4.77. The molecule has 1 aromatic heterocycles. The van der Waals surface area contributed by atoms with Gasteiger partial charge in [0.05, 0.1) is 6.04 Å². The van der Waals surface area contributed by atoms with Gasteiger partial charge in [-0.1, -0.05) is 19.1 Å². The highest BCUT2D eigenvalue weighted by Crippen LogP contribution is 2.33. The van der Waals surface area contributed by atoms with Gasteiger partial charge < -0.3 is 5.32 Å². The van der Waals surface area contributed by atoms with Crippen LogP contribution in [-0.4, -0.2) is 6.04 Å². The number of benzene rings is 1. The zero-order valence-electron chi connectivity index (χ0n) is 10.3. The van der Waals surface area contributed by atoms with Crippen LogP contribution in [0.2, 0.25) is 0 Å². The molecule has 1 N–H and O–H groups in total. The monoisotopic (exact) mass is 261 g/mol. The summed E-state index contributed by atoms with van der Waals surface area (Å²) < 4.78 is 13.5. The molecule has 3 heteroatoms. The summed E-state index contributed by atoms with van der Waals surface area (Å²) in [5, 5.41) is 5.71. The number of halogens is 1. The fraction of sp³-hybridized carbons (Fsp3) is 0.333. The second kappa shape index (κ2) is 4.82. The van der Waals surface area contributed by atoms with Gasteiger partial charge in [0, 0.05) is 10.9 Å². The molecule has 94 valence electrons. The van der Waals surface area contributed by atoms with Gasteiger partial charge in [0.15, 0.2) is 0 Å². The number of nitrogens with one attached hydrogen (secondary N) is 1. The van der Waals surface area contributed by atoms with Crippen molar-refractivity contribution in [2.45, 2.75) is 31.8 Å². The molecule has 0 radical (unpaired) electrons. The van der Waals surface area contributed by atoms with E-state index in [0.29, 0.717) is 6.04 Å². The van der Waals surface area contributed by atoms with Gasteiger partial charge in [-0.25, -0.2) is 4.39 Å². The Balaban J connectivity index is 2.06. The maximum atomic E-state index is 13.5. The van der Waals surface area contributed by atoms with E-state index in [0.717, 1.165) is 18.4 Å². The van der Waals surface area contributed by atoms with Gasteiger partial charge in [-0.3, -0.25) is 0 Å². The zero-order chi connectivity index (χ0) is 12.5. The molecule has 1 aliphatic heterocycles. The van der Waals surface area contributed by atoms with Crippen molar-refractivity contribution in [3.63, 3.8) is 0 Å². The maximum absolute atomic E-state index is 13.5. The summed E-state index contributed by atoms with van der Waals surface area (Å²) in [6, 6.07) is 9.99. The Morgan fingerprint density at radius 2 is 2.28 bits per heavy atom. The lowest BCUT2D eigenvalue weighted by atomic mass is 9.88. The Morgan fingerprint density at radius 1 is 1.39 bits per heavy atom. The van der Waals surface area contributed by atoms with E-state index in [-0.39, 0.29) is 11.9 Å². The van der Waals surface area contributed by atoms with Gasteiger partial charge in [-0.2, -0.15) is 0 Å². The van der Waals surface area contributed by atoms with Crippen LogP contribution >= 0.6 is 11.3 Å². The zero-order valence-corrected chi connectivity index (χ0v) is 11.1. The van der Waals surface area contributed by atoms with Crippen molar-refractivity contribution in [2.75, 3.05) is 0 Å². The molecule has 0 aliphatic carbocycles. The van der Waals surface area contributed by atoms with Crippen molar-refractivity contribution in [2.24, 2.45) is 0 Å². The normalized spacial score (nSPS) is 22.8. The minimum absolute atomic E-state index is 0.146. The molecule has 0 saturated carbocycles. The van der Waals surface area contributed by atoms with Crippen molar-refractivity contribution in [1.82, 2.24) is 5.32 Å². The molecular weight excluding hydrogens is 245 g/mol. The summed E-state index contributed by atoms with van der Waals surface area (Å²) in [5.41, 5.74) is 2.38. The lowest BCUT2D eigenvalue weighted by Gasteiger charge is -2.32. The smallest absolute Gasteiger partial charge is 0.123 e. The third-order valence-electron chi connectivity index (χ3n) is 3.61. The first-order valence-electron chi connectivity index (χ1n) is 6.35. The number of hydrogen-bond acceptors (Lipinski definition) is 2. The molecule has 1 aromatic carbocycles. The minimum Gasteiger partial charge on any atom is -0.302 e. The third kappa shape index (κ3) is 2.08. The fourth-order valence-electron chi connectivity index (χ4n) is 2.62. The Morgan fingerprint density at radius 3 is 3.00 bits per heavy atom. The summed E-state index contributed by atoms with van der Waals surface area (Å²) in [6.07, 6.45) is 2.09. The molecule has 2 atom stereocenters. The number of hydrogen-bond donors (Lipinski definition) is 1. The summed E-state index contributed by atoms with van der Waals surface area (Å²) in [5.74, 6) is -0.146. The van der Waals surface area contributed by atoms with Crippen LogP contribution in [0.5, 0.6) is 0 Å². The molecule has 0 bridgehead atoms. The van der Waals surface area contributed by atoms with Crippen LogP contribution in [0.1, 0.15) is 35.4 Å². The topological polar surface area (TPSA) is 12.0 Å². The Hall–Kier alpha value is -1.19. The Kier molecular flexibility index (Phi) is 3.18. The van der Waals surface area contributed by atoms with E-state index in [4.69, 9.17) is 0 Å². The standard InChI is InChI=1S/C15H16FNS/c1-2-12-8-10-5-6-11(16)9-13(10)15(17-12)14-4-3-7-18-14/h3-7,9,12,15,17H,2,8H2,1H3. The van der Waals surface area contributed by atoms with E-state index >= 15 is 0 Å². The van der Waals surface area contributed by atoms with E-state index in [9.17, 15) is 4.39 Å². The molecular formula is C15H16FNS. The molecule has 0 spiro atoms. The van der Waals surface area contributed by atoms with Crippen LogP contribution in [0.15, 0.2) is 35.7 Å². The predicted octanol–water partition coefficient (Wildman–Crippen LogP) is 3.90. The summed E-state index contributed by atoms with van der Waals surface area (Å²) >= 11 is 1.73. The Bertz CT molecular complexity index is 535. The van der Waals surface area contributed by atoms with E-state index < -0.39 is 0 Å². The average Bonchev–Trinajstić information content (AvgIpc) is 2.91. The number of thiophene rings is 1. The summed E-state index contributed by atoms with van der Waals surface area (Å²) in [6.45, 7) is 2.19. The highest BCUT2D eigenvalue weighted by molar-refractivity contribution is 7.10.